The van der Waals surface area contributed by atoms with Crippen LogP contribution in [0.2, 0.25) is 0 Å². The standard InChI is InChI=1S/C52H94O6/c1-4-7-10-13-16-19-21-23-24-25-26-27-28-29-31-33-36-39-42-45-51(54)57-48-49(47-56-50(53)44-41-38-35-32-18-15-12-9-6-3)58-52(55)46-43-40-37-34-30-22-20-17-14-11-8-5-2/h17,20,25-26,32,35,49H,4-16,18-19,21-24,27-31,33-34,36-48H2,1-3H3/b20-17-,26-25-,35-32-. The number of hydrogen-bond donors (Lipinski definition) is 0. The molecule has 0 aromatic heterocycles. The molecule has 0 N–H and O–H groups in total. The quantitative estimate of drug-likeness (QED) is 0.0264. The van der Waals surface area contributed by atoms with Crippen molar-refractivity contribution in [2.24, 2.45) is 0 Å². The van der Waals surface area contributed by atoms with E-state index in [4.69, 9.17) is 14.2 Å². The van der Waals surface area contributed by atoms with Crippen LogP contribution in [0.1, 0.15) is 258 Å². The highest BCUT2D eigenvalue weighted by Gasteiger charge is 2.19. The summed E-state index contributed by atoms with van der Waals surface area (Å²) >= 11 is 0. The largest absolute Gasteiger partial charge is 0.462 e. The SMILES string of the molecule is CCCCC/C=C\CCCCCCCC(=O)OC(COC(=O)CCC/C=C\CCCCCC)COC(=O)CCCCCCCCC/C=C\CCCCCCCCCC. The third kappa shape index (κ3) is 44.7. The van der Waals surface area contributed by atoms with Crippen molar-refractivity contribution in [1.82, 2.24) is 0 Å². The molecule has 0 saturated heterocycles. The maximum absolute atomic E-state index is 12.7. The van der Waals surface area contributed by atoms with Gasteiger partial charge in [0.05, 0.1) is 0 Å². The summed E-state index contributed by atoms with van der Waals surface area (Å²) in [7, 11) is 0. The van der Waals surface area contributed by atoms with Crippen molar-refractivity contribution in [3.8, 4) is 0 Å². The van der Waals surface area contributed by atoms with Crippen molar-refractivity contribution >= 4 is 17.9 Å². The van der Waals surface area contributed by atoms with Crippen LogP contribution in [-0.2, 0) is 28.6 Å². The molecule has 0 saturated carbocycles. The first-order chi connectivity index (χ1) is 28.5. The molecule has 58 heavy (non-hydrogen) atoms. The summed E-state index contributed by atoms with van der Waals surface area (Å²) in [5.41, 5.74) is 0. The van der Waals surface area contributed by atoms with E-state index >= 15 is 0 Å². The van der Waals surface area contributed by atoms with Gasteiger partial charge >= 0.3 is 17.9 Å². The molecule has 6 heteroatoms. The maximum Gasteiger partial charge on any atom is 0.306 e. The van der Waals surface area contributed by atoms with Gasteiger partial charge in [-0.1, -0.05) is 186 Å². The van der Waals surface area contributed by atoms with Crippen LogP contribution in [0.3, 0.4) is 0 Å². The third-order valence-electron chi connectivity index (χ3n) is 10.8. The van der Waals surface area contributed by atoms with Crippen LogP contribution in [0, 0.1) is 0 Å². The van der Waals surface area contributed by atoms with Crippen LogP contribution in [-0.4, -0.2) is 37.2 Å². The molecule has 0 heterocycles. The zero-order valence-corrected chi connectivity index (χ0v) is 38.6. The normalized spacial score (nSPS) is 12.3. The number of allylic oxidation sites excluding steroid dienone is 6. The average molecular weight is 815 g/mol. The first-order valence-corrected chi connectivity index (χ1v) is 25.0. The Labute approximate surface area is 359 Å². The van der Waals surface area contributed by atoms with Crippen molar-refractivity contribution in [2.45, 2.75) is 264 Å². The van der Waals surface area contributed by atoms with E-state index in [1.54, 1.807) is 0 Å². The van der Waals surface area contributed by atoms with E-state index in [0.29, 0.717) is 19.3 Å². The van der Waals surface area contributed by atoms with Crippen molar-refractivity contribution in [1.29, 1.82) is 0 Å². The third-order valence-corrected chi connectivity index (χ3v) is 10.8. The molecule has 0 aliphatic heterocycles. The van der Waals surface area contributed by atoms with Crippen LogP contribution >= 0.6 is 0 Å². The molecule has 0 fully saturated rings. The van der Waals surface area contributed by atoms with E-state index in [2.05, 4.69) is 57.2 Å². The highest BCUT2D eigenvalue weighted by molar-refractivity contribution is 5.71. The van der Waals surface area contributed by atoms with Crippen molar-refractivity contribution in [3.63, 3.8) is 0 Å². The monoisotopic (exact) mass is 815 g/mol. The molecule has 0 aromatic carbocycles. The highest BCUT2D eigenvalue weighted by Crippen LogP contribution is 2.14. The molecule has 0 aliphatic carbocycles. The number of unbranched alkanes of at least 4 members (excludes halogenated alkanes) is 28. The average Bonchev–Trinajstić information content (AvgIpc) is 3.22. The zero-order chi connectivity index (χ0) is 42.3. The summed E-state index contributed by atoms with van der Waals surface area (Å²) in [5, 5.41) is 0. The van der Waals surface area contributed by atoms with Gasteiger partial charge in [-0.25, -0.2) is 0 Å². The Kier molecular flexibility index (Phi) is 45.4. The molecule has 0 aromatic rings. The molecule has 0 spiro atoms. The van der Waals surface area contributed by atoms with E-state index in [1.165, 1.54) is 148 Å². The maximum atomic E-state index is 12.7. The fourth-order valence-corrected chi connectivity index (χ4v) is 7.02. The Morgan fingerprint density at radius 3 is 0.983 bits per heavy atom. The molecular weight excluding hydrogens is 721 g/mol. The van der Waals surface area contributed by atoms with Gasteiger partial charge in [0.2, 0.25) is 0 Å². The zero-order valence-electron chi connectivity index (χ0n) is 38.6. The molecule has 0 amide bonds. The van der Waals surface area contributed by atoms with Gasteiger partial charge < -0.3 is 14.2 Å². The molecule has 1 atom stereocenters. The Hall–Kier alpha value is -2.37. The summed E-state index contributed by atoms with van der Waals surface area (Å²) in [4.78, 5) is 37.8. The topological polar surface area (TPSA) is 78.9 Å². The molecule has 1 unspecified atom stereocenters. The lowest BCUT2D eigenvalue weighted by atomic mass is 10.1. The smallest absolute Gasteiger partial charge is 0.306 e. The van der Waals surface area contributed by atoms with Gasteiger partial charge in [-0.3, -0.25) is 14.4 Å². The summed E-state index contributed by atoms with van der Waals surface area (Å²) in [5.74, 6) is -0.931. The van der Waals surface area contributed by atoms with E-state index in [1.807, 2.05) is 0 Å². The summed E-state index contributed by atoms with van der Waals surface area (Å²) in [6.45, 7) is 6.55. The molecule has 0 radical (unpaired) electrons. The fraction of sp³-hybridized carbons (Fsp3) is 0.827. The van der Waals surface area contributed by atoms with E-state index < -0.39 is 6.10 Å². The summed E-state index contributed by atoms with van der Waals surface area (Å²) in [6, 6.07) is 0. The van der Waals surface area contributed by atoms with Gasteiger partial charge in [-0.05, 0) is 89.9 Å². The minimum absolute atomic E-state index is 0.0852. The molecule has 0 bridgehead atoms. The minimum atomic E-state index is -0.785. The number of esters is 3. The van der Waals surface area contributed by atoms with Crippen LogP contribution < -0.4 is 0 Å². The van der Waals surface area contributed by atoms with Crippen LogP contribution in [0.15, 0.2) is 36.5 Å². The molecule has 6 nitrogen and oxygen atoms in total. The van der Waals surface area contributed by atoms with Crippen molar-refractivity contribution < 1.29 is 28.6 Å². The Balaban J connectivity index is 4.29. The van der Waals surface area contributed by atoms with Crippen molar-refractivity contribution in [2.75, 3.05) is 13.2 Å². The summed E-state index contributed by atoms with van der Waals surface area (Å²) < 4.78 is 16.7. The fourth-order valence-electron chi connectivity index (χ4n) is 7.02. The van der Waals surface area contributed by atoms with Crippen LogP contribution in [0.25, 0.3) is 0 Å². The van der Waals surface area contributed by atoms with Gasteiger partial charge in [-0.2, -0.15) is 0 Å². The molecule has 0 rings (SSSR count). The van der Waals surface area contributed by atoms with Gasteiger partial charge in [0, 0.05) is 19.3 Å². The van der Waals surface area contributed by atoms with E-state index in [-0.39, 0.29) is 31.1 Å². The number of carbonyl (C=O) groups is 3. The number of carbonyl (C=O) groups excluding carboxylic acids is 3. The Morgan fingerprint density at radius 1 is 0.328 bits per heavy atom. The van der Waals surface area contributed by atoms with Gasteiger partial charge in [0.25, 0.3) is 0 Å². The van der Waals surface area contributed by atoms with Crippen LogP contribution in [0.5, 0.6) is 0 Å². The first kappa shape index (κ1) is 55.6. The van der Waals surface area contributed by atoms with Gasteiger partial charge in [0.1, 0.15) is 13.2 Å². The second-order valence-electron chi connectivity index (χ2n) is 16.7. The predicted molar refractivity (Wildman–Crippen MR) is 247 cm³/mol. The number of hydrogen-bond acceptors (Lipinski definition) is 6. The number of ether oxygens (including phenoxy) is 3. The molecule has 338 valence electrons. The van der Waals surface area contributed by atoms with Crippen molar-refractivity contribution in [3.05, 3.63) is 36.5 Å². The second-order valence-corrected chi connectivity index (χ2v) is 16.7. The number of rotatable bonds is 45. The predicted octanol–water partition coefficient (Wildman–Crippen LogP) is 16.1. The molecule has 0 aliphatic rings. The Bertz CT molecular complexity index is 984. The lowest BCUT2D eigenvalue weighted by Gasteiger charge is -2.18. The van der Waals surface area contributed by atoms with Crippen LogP contribution in [0.4, 0.5) is 0 Å². The Morgan fingerprint density at radius 2 is 0.586 bits per heavy atom. The summed E-state index contributed by atoms with van der Waals surface area (Å²) in [6.07, 6.45) is 54.3. The minimum Gasteiger partial charge on any atom is -0.462 e. The van der Waals surface area contributed by atoms with E-state index in [9.17, 15) is 14.4 Å². The van der Waals surface area contributed by atoms with Gasteiger partial charge in [-0.15, -0.1) is 0 Å². The second kappa shape index (κ2) is 47.3. The highest BCUT2D eigenvalue weighted by atomic mass is 16.6. The lowest BCUT2D eigenvalue weighted by Crippen LogP contribution is -2.30. The van der Waals surface area contributed by atoms with Gasteiger partial charge in [0.15, 0.2) is 6.10 Å². The van der Waals surface area contributed by atoms with E-state index in [0.717, 1.165) is 70.6 Å². The lowest BCUT2D eigenvalue weighted by molar-refractivity contribution is -0.167. The first-order valence-electron chi connectivity index (χ1n) is 25.0. The molecular formula is C52H94O6.